The molecular formula is C27H35Cl2N3OS. The fraction of sp³-hybridized carbons (Fsp3) is 0.333. The van der Waals surface area contributed by atoms with Crippen molar-refractivity contribution in [3.8, 4) is 11.1 Å². The highest BCUT2D eigenvalue weighted by Crippen LogP contribution is 2.37. The Morgan fingerprint density at radius 1 is 0.971 bits per heavy atom. The van der Waals surface area contributed by atoms with Gasteiger partial charge in [-0.3, -0.25) is 9.78 Å². The van der Waals surface area contributed by atoms with E-state index < -0.39 is 5.91 Å². The van der Waals surface area contributed by atoms with Crippen molar-refractivity contribution >= 4 is 42.5 Å². The van der Waals surface area contributed by atoms with Crippen LogP contribution in [0.2, 0.25) is 0 Å². The lowest BCUT2D eigenvalue weighted by atomic mass is 9.85. The molecule has 0 aliphatic heterocycles. The van der Waals surface area contributed by atoms with Crippen molar-refractivity contribution in [2.24, 2.45) is 16.9 Å². The zero-order chi connectivity index (χ0) is 23.5. The Labute approximate surface area is 220 Å². The first-order chi connectivity index (χ1) is 15.1. The number of amides is 1. The van der Waals surface area contributed by atoms with Gasteiger partial charge in [-0.2, -0.15) is 0 Å². The normalized spacial score (nSPS) is 10.9. The number of benzene rings is 2. The molecule has 0 aliphatic rings. The predicted molar refractivity (Wildman–Crippen MR) is 149 cm³/mol. The lowest BCUT2D eigenvalue weighted by molar-refractivity contribution is 0.0997. The molecule has 0 bridgehead atoms. The fourth-order valence-electron chi connectivity index (χ4n) is 3.90. The number of halogens is 2. The van der Waals surface area contributed by atoms with Crippen LogP contribution in [-0.2, 0) is 18.7 Å². The fourth-order valence-corrected chi connectivity index (χ4v) is 5.06. The number of nitrogens with two attached hydrogens (primary N) is 2. The molecule has 0 saturated carbocycles. The molecule has 1 amide bonds. The Morgan fingerprint density at radius 2 is 1.59 bits per heavy atom. The number of nitrogens with zero attached hydrogens (tertiary/aromatic N) is 1. The monoisotopic (exact) mass is 519 g/mol. The lowest BCUT2D eigenvalue weighted by Gasteiger charge is -2.24. The van der Waals surface area contributed by atoms with Gasteiger partial charge in [-0.15, -0.1) is 36.6 Å². The molecule has 1 heterocycles. The summed E-state index contributed by atoms with van der Waals surface area (Å²) in [5.74, 6) is 0.264. The SMILES string of the molecule is Cc1ccc(-c2c(CSc3ccccc3C(N)=O)c(C)nc(CC(C)(C)C)c2CN)cc1.Cl.Cl. The summed E-state index contributed by atoms with van der Waals surface area (Å²) < 4.78 is 0. The molecule has 184 valence electrons. The maximum Gasteiger partial charge on any atom is 0.249 e. The first-order valence-corrected chi connectivity index (χ1v) is 11.9. The number of thioether (sulfide) groups is 1. The Kier molecular flexibility index (Phi) is 11.1. The number of aryl methyl sites for hydroxylation is 2. The van der Waals surface area contributed by atoms with E-state index in [2.05, 4.69) is 58.9 Å². The third-order valence-corrected chi connectivity index (χ3v) is 6.56. The van der Waals surface area contributed by atoms with Crippen LogP contribution in [0.3, 0.4) is 0 Å². The van der Waals surface area contributed by atoms with E-state index in [-0.39, 0.29) is 30.2 Å². The summed E-state index contributed by atoms with van der Waals surface area (Å²) in [5.41, 5.74) is 20.4. The zero-order valence-electron chi connectivity index (χ0n) is 20.5. The summed E-state index contributed by atoms with van der Waals surface area (Å²) in [6.07, 6.45) is 0.858. The van der Waals surface area contributed by atoms with Gasteiger partial charge in [-0.05, 0) is 60.1 Å². The topological polar surface area (TPSA) is 82.0 Å². The minimum absolute atomic E-state index is 0. The van der Waals surface area contributed by atoms with Crippen LogP contribution in [0.4, 0.5) is 0 Å². The number of aromatic nitrogens is 1. The molecule has 1 aromatic heterocycles. The molecule has 2 aromatic carbocycles. The molecule has 0 aliphatic carbocycles. The number of hydrogen-bond acceptors (Lipinski definition) is 4. The molecule has 3 rings (SSSR count). The van der Waals surface area contributed by atoms with Gasteiger partial charge in [0.25, 0.3) is 0 Å². The summed E-state index contributed by atoms with van der Waals surface area (Å²) >= 11 is 1.61. The van der Waals surface area contributed by atoms with Gasteiger partial charge >= 0.3 is 0 Å². The van der Waals surface area contributed by atoms with Gasteiger partial charge in [-0.1, -0.05) is 62.7 Å². The Hall–Kier alpha value is -2.05. The van der Waals surface area contributed by atoms with Crippen LogP contribution >= 0.6 is 36.6 Å². The number of carbonyl (C=O) groups excluding carboxylic acids is 1. The largest absolute Gasteiger partial charge is 0.366 e. The van der Waals surface area contributed by atoms with Crippen LogP contribution < -0.4 is 11.5 Å². The zero-order valence-corrected chi connectivity index (χ0v) is 22.9. The highest BCUT2D eigenvalue weighted by atomic mass is 35.5. The Bertz CT molecular complexity index is 1130. The molecule has 0 atom stereocenters. The van der Waals surface area contributed by atoms with Gasteiger partial charge in [0.15, 0.2) is 0 Å². The highest BCUT2D eigenvalue weighted by molar-refractivity contribution is 7.98. The quantitative estimate of drug-likeness (QED) is 0.342. The highest BCUT2D eigenvalue weighted by Gasteiger charge is 2.22. The summed E-state index contributed by atoms with van der Waals surface area (Å²) in [4.78, 5) is 17.8. The first kappa shape index (κ1) is 30.0. The van der Waals surface area contributed by atoms with Crippen molar-refractivity contribution in [3.05, 3.63) is 82.2 Å². The summed E-state index contributed by atoms with van der Waals surface area (Å²) in [5, 5.41) is 0. The van der Waals surface area contributed by atoms with Crippen LogP contribution in [0.5, 0.6) is 0 Å². The average molecular weight is 521 g/mol. The van der Waals surface area contributed by atoms with E-state index in [1.807, 2.05) is 18.2 Å². The number of primary amides is 1. The average Bonchev–Trinajstić information content (AvgIpc) is 2.72. The van der Waals surface area contributed by atoms with Gasteiger partial charge in [-0.25, -0.2) is 0 Å². The van der Waals surface area contributed by atoms with Crippen LogP contribution in [0.1, 0.15) is 59.2 Å². The van der Waals surface area contributed by atoms with E-state index in [1.165, 1.54) is 11.1 Å². The maximum atomic E-state index is 11.9. The van der Waals surface area contributed by atoms with Crippen LogP contribution in [0, 0.1) is 19.3 Å². The van der Waals surface area contributed by atoms with Gasteiger partial charge in [0, 0.05) is 28.6 Å². The number of rotatable bonds is 7. The second-order valence-electron chi connectivity index (χ2n) is 9.43. The van der Waals surface area contributed by atoms with Crippen molar-refractivity contribution in [1.82, 2.24) is 4.98 Å². The number of hydrogen-bond donors (Lipinski definition) is 2. The van der Waals surface area contributed by atoms with Gasteiger partial charge in [0.05, 0.1) is 5.56 Å². The number of carbonyl (C=O) groups is 1. The van der Waals surface area contributed by atoms with Crippen molar-refractivity contribution < 1.29 is 4.79 Å². The Morgan fingerprint density at radius 3 is 2.15 bits per heavy atom. The van der Waals surface area contributed by atoms with Crippen molar-refractivity contribution in [1.29, 1.82) is 0 Å². The van der Waals surface area contributed by atoms with Crippen molar-refractivity contribution in [2.75, 3.05) is 0 Å². The second-order valence-corrected chi connectivity index (χ2v) is 10.4. The molecule has 34 heavy (non-hydrogen) atoms. The summed E-state index contributed by atoms with van der Waals surface area (Å²) in [6.45, 7) is 11.3. The van der Waals surface area contributed by atoms with Gasteiger partial charge in [0.2, 0.25) is 5.91 Å². The maximum absolute atomic E-state index is 11.9. The van der Waals surface area contributed by atoms with Gasteiger partial charge < -0.3 is 11.5 Å². The smallest absolute Gasteiger partial charge is 0.249 e. The molecule has 3 aromatic rings. The Balaban J connectivity index is 0.00000289. The van der Waals surface area contributed by atoms with E-state index >= 15 is 0 Å². The molecule has 0 unspecified atom stereocenters. The molecule has 0 spiro atoms. The van der Waals surface area contributed by atoms with Crippen molar-refractivity contribution in [3.63, 3.8) is 0 Å². The third-order valence-electron chi connectivity index (χ3n) is 5.46. The van der Waals surface area contributed by atoms with E-state index in [9.17, 15) is 4.79 Å². The second kappa shape index (κ2) is 12.6. The summed E-state index contributed by atoms with van der Waals surface area (Å²) in [7, 11) is 0. The molecule has 0 saturated heterocycles. The molecule has 7 heteroatoms. The molecular weight excluding hydrogens is 485 g/mol. The molecule has 4 nitrogen and oxygen atoms in total. The predicted octanol–water partition coefficient (Wildman–Crippen LogP) is 6.65. The molecule has 4 N–H and O–H groups in total. The van der Waals surface area contributed by atoms with Crippen molar-refractivity contribution in [2.45, 2.75) is 58.2 Å². The first-order valence-electron chi connectivity index (χ1n) is 10.9. The molecule has 0 fully saturated rings. The molecule has 0 radical (unpaired) electrons. The summed E-state index contributed by atoms with van der Waals surface area (Å²) in [6, 6.07) is 16.1. The number of pyridine rings is 1. The van der Waals surface area contributed by atoms with E-state index in [1.54, 1.807) is 17.8 Å². The van der Waals surface area contributed by atoms with E-state index in [0.717, 1.165) is 39.4 Å². The van der Waals surface area contributed by atoms with Crippen LogP contribution in [-0.4, -0.2) is 10.9 Å². The van der Waals surface area contributed by atoms with Crippen LogP contribution in [0.15, 0.2) is 53.4 Å². The lowest BCUT2D eigenvalue weighted by Crippen LogP contribution is -2.17. The van der Waals surface area contributed by atoms with Gasteiger partial charge in [0.1, 0.15) is 0 Å². The minimum Gasteiger partial charge on any atom is -0.366 e. The van der Waals surface area contributed by atoms with E-state index in [4.69, 9.17) is 16.5 Å². The van der Waals surface area contributed by atoms with Crippen LogP contribution in [0.25, 0.3) is 11.1 Å². The minimum atomic E-state index is -0.412. The third kappa shape index (κ3) is 7.22. The standard InChI is InChI=1S/C27H33N3OS.2ClH/c1-17-10-12-19(13-11-17)25-21(15-28)23(14-27(3,4)5)30-18(2)22(25)16-32-24-9-7-6-8-20(24)26(29)31;;/h6-13H,14-16,28H2,1-5H3,(H2,29,31);2*1H. The van der Waals surface area contributed by atoms with E-state index in [0.29, 0.717) is 17.9 Å².